The third-order valence-electron chi connectivity index (χ3n) is 2.88. The van der Waals surface area contributed by atoms with Crippen molar-refractivity contribution in [3.8, 4) is 6.07 Å². The van der Waals surface area contributed by atoms with Crippen LogP contribution in [0.3, 0.4) is 0 Å². The summed E-state index contributed by atoms with van der Waals surface area (Å²) in [6, 6.07) is 2.19. The van der Waals surface area contributed by atoms with Gasteiger partial charge in [-0.1, -0.05) is 0 Å². The molecule has 0 atom stereocenters. The average molecular weight is 178 g/mol. The number of aliphatic imine (C=N–C) groups is 1. The highest BCUT2D eigenvalue weighted by molar-refractivity contribution is 5.34. The molecule has 0 heterocycles. The van der Waals surface area contributed by atoms with Crippen LogP contribution in [0.15, 0.2) is 4.99 Å². The van der Waals surface area contributed by atoms with Crippen LogP contribution in [0.1, 0.15) is 39.0 Å². The standard InChI is InChI=1S/C10H14N2O/c1-10(12-8-13)5-2-9(3-6-10)4-7-11/h9H,2-6H2,1H3. The molecule has 0 spiro atoms. The lowest BCUT2D eigenvalue weighted by atomic mass is 9.77. The van der Waals surface area contributed by atoms with E-state index in [1.807, 2.05) is 6.92 Å². The molecule has 0 saturated heterocycles. The van der Waals surface area contributed by atoms with Crippen LogP contribution < -0.4 is 0 Å². The van der Waals surface area contributed by atoms with E-state index in [0.717, 1.165) is 25.7 Å². The molecular weight excluding hydrogens is 164 g/mol. The molecule has 1 aliphatic rings. The van der Waals surface area contributed by atoms with E-state index in [9.17, 15) is 4.79 Å². The highest BCUT2D eigenvalue weighted by Gasteiger charge is 2.30. The van der Waals surface area contributed by atoms with Gasteiger partial charge in [0.25, 0.3) is 0 Å². The summed E-state index contributed by atoms with van der Waals surface area (Å²) in [4.78, 5) is 14.0. The van der Waals surface area contributed by atoms with Gasteiger partial charge in [-0.15, -0.1) is 0 Å². The second-order valence-electron chi connectivity index (χ2n) is 4.01. The first kappa shape index (κ1) is 9.95. The van der Waals surface area contributed by atoms with Crippen LogP contribution >= 0.6 is 0 Å². The lowest BCUT2D eigenvalue weighted by molar-refractivity contribution is 0.255. The van der Waals surface area contributed by atoms with Crippen LogP contribution in [0.4, 0.5) is 0 Å². The molecule has 0 aliphatic heterocycles. The molecule has 0 bridgehead atoms. The molecule has 0 aromatic rings. The van der Waals surface area contributed by atoms with E-state index in [-0.39, 0.29) is 5.54 Å². The van der Waals surface area contributed by atoms with Crippen molar-refractivity contribution in [2.24, 2.45) is 10.9 Å². The lowest BCUT2D eigenvalue weighted by Crippen LogP contribution is -2.28. The number of hydrogen-bond acceptors (Lipinski definition) is 3. The lowest BCUT2D eigenvalue weighted by Gasteiger charge is -2.31. The summed E-state index contributed by atoms with van der Waals surface area (Å²) >= 11 is 0. The van der Waals surface area contributed by atoms with Crippen molar-refractivity contribution >= 4 is 6.08 Å². The van der Waals surface area contributed by atoms with E-state index in [0.29, 0.717) is 12.3 Å². The summed E-state index contributed by atoms with van der Waals surface area (Å²) in [7, 11) is 0. The topological polar surface area (TPSA) is 53.2 Å². The smallest absolute Gasteiger partial charge is 0.211 e. The van der Waals surface area contributed by atoms with Crippen LogP contribution in [0.2, 0.25) is 0 Å². The van der Waals surface area contributed by atoms with E-state index in [1.54, 1.807) is 6.08 Å². The van der Waals surface area contributed by atoms with Crippen LogP contribution in [0.25, 0.3) is 0 Å². The van der Waals surface area contributed by atoms with Crippen molar-refractivity contribution in [3.05, 3.63) is 0 Å². The fourth-order valence-corrected chi connectivity index (χ4v) is 1.85. The molecule has 3 nitrogen and oxygen atoms in total. The largest absolute Gasteiger partial charge is 0.235 e. The summed E-state index contributed by atoms with van der Waals surface area (Å²) in [6.45, 7) is 1.99. The van der Waals surface area contributed by atoms with Crippen LogP contribution in [-0.4, -0.2) is 11.6 Å². The Bertz CT molecular complexity index is 253. The van der Waals surface area contributed by atoms with Gasteiger partial charge >= 0.3 is 0 Å². The van der Waals surface area contributed by atoms with Crippen molar-refractivity contribution in [2.45, 2.75) is 44.6 Å². The number of nitriles is 1. The van der Waals surface area contributed by atoms with Gasteiger partial charge < -0.3 is 0 Å². The van der Waals surface area contributed by atoms with Gasteiger partial charge in [0.2, 0.25) is 6.08 Å². The molecule has 0 N–H and O–H groups in total. The van der Waals surface area contributed by atoms with Gasteiger partial charge in [0.15, 0.2) is 0 Å². The Hall–Kier alpha value is -1.13. The molecule has 1 aliphatic carbocycles. The molecule has 1 fully saturated rings. The number of carbonyl (C=O) groups excluding carboxylic acids is 1. The maximum Gasteiger partial charge on any atom is 0.235 e. The zero-order valence-electron chi connectivity index (χ0n) is 7.92. The van der Waals surface area contributed by atoms with Crippen molar-refractivity contribution in [2.75, 3.05) is 0 Å². The van der Waals surface area contributed by atoms with Crippen molar-refractivity contribution in [1.29, 1.82) is 5.26 Å². The molecule has 0 aromatic carbocycles. The molecule has 0 aromatic heterocycles. The molecule has 0 amide bonds. The molecule has 3 heteroatoms. The van der Waals surface area contributed by atoms with Crippen molar-refractivity contribution < 1.29 is 4.79 Å². The first-order valence-corrected chi connectivity index (χ1v) is 4.66. The zero-order chi connectivity index (χ0) is 9.73. The van der Waals surface area contributed by atoms with Gasteiger partial charge in [0.05, 0.1) is 11.6 Å². The van der Waals surface area contributed by atoms with Crippen molar-refractivity contribution in [3.63, 3.8) is 0 Å². The normalized spacial score (nSPS) is 33.1. The Labute approximate surface area is 78.5 Å². The molecule has 0 radical (unpaired) electrons. The maximum atomic E-state index is 10.1. The zero-order valence-corrected chi connectivity index (χ0v) is 7.92. The Morgan fingerprint density at radius 2 is 2.15 bits per heavy atom. The van der Waals surface area contributed by atoms with Crippen molar-refractivity contribution in [1.82, 2.24) is 0 Å². The average Bonchev–Trinajstić information content (AvgIpc) is 2.10. The Morgan fingerprint density at radius 3 is 2.62 bits per heavy atom. The molecule has 13 heavy (non-hydrogen) atoms. The minimum Gasteiger partial charge on any atom is -0.211 e. The SMILES string of the molecule is CC1(N=C=O)CCC(CC#N)CC1. The summed E-state index contributed by atoms with van der Waals surface area (Å²) in [5.74, 6) is 0.514. The fourth-order valence-electron chi connectivity index (χ4n) is 1.85. The fraction of sp³-hybridized carbons (Fsp3) is 0.800. The van der Waals surface area contributed by atoms with E-state index in [4.69, 9.17) is 5.26 Å². The number of hydrogen-bond donors (Lipinski definition) is 0. The van der Waals surface area contributed by atoms with Gasteiger partial charge in [-0.05, 0) is 38.5 Å². The second-order valence-corrected chi connectivity index (χ2v) is 4.01. The van der Waals surface area contributed by atoms with Gasteiger partial charge in [-0.25, -0.2) is 4.79 Å². The Kier molecular flexibility index (Phi) is 3.22. The monoisotopic (exact) mass is 178 g/mol. The van der Waals surface area contributed by atoms with E-state index in [2.05, 4.69) is 11.1 Å². The third-order valence-corrected chi connectivity index (χ3v) is 2.88. The molecule has 1 rings (SSSR count). The Balaban J connectivity index is 2.47. The van der Waals surface area contributed by atoms with Gasteiger partial charge in [0.1, 0.15) is 0 Å². The van der Waals surface area contributed by atoms with E-state index in [1.165, 1.54) is 0 Å². The van der Waals surface area contributed by atoms with Crippen LogP contribution in [0, 0.1) is 17.2 Å². The molecule has 0 unspecified atom stereocenters. The maximum absolute atomic E-state index is 10.1. The second kappa shape index (κ2) is 4.20. The number of rotatable bonds is 2. The molecule has 1 saturated carbocycles. The van der Waals surface area contributed by atoms with E-state index < -0.39 is 0 Å². The highest BCUT2D eigenvalue weighted by Crippen LogP contribution is 2.35. The summed E-state index contributed by atoms with van der Waals surface area (Å²) in [6.07, 6.45) is 6.12. The predicted molar refractivity (Wildman–Crippen MR) is 48.7 cm³/mol. The number of nitrogens with zero attached hydrogens (tertiary/aromatic N) is 2. The highest BCUT2D eigenvalue weighted by atomic mass is 16.1. The van der Waals surface area contributed by atoms with Crippen LogP contribution in [-0.2, 0) is 4.79 Å². The quantitative estimate of drug-likeness (QED) is 0.480. The van der Waals surface area contributed by atoms with Gasteiger partial charge in [-0.2, -0.15) is 10.3 Å². The van der Waals surface area contributed by atoms with Gasteiger partial charge in [-0.3, -0.25) is 0 Å². The van der Waals surface area contributed by atoms with Crippen LogP contribution in [0.5, 0.6) is 0 Å². The third kappa shape index (κ3) is 2.68. The first-order chi connectivity index (χ1) is 6.20. The summed E-state index contributed by atoms with van der Waals surface area (Å²) < 4.78 is 0. The molecular formula is C10H14N2O. The predicted octanol–water partition coefficient (Wildman–Crippen LogP) is 2.18. The summed E-state index contributed by atoms with van der Waals surface area (Å²) in [5.41, 5.74) is -0.201. The molecule has 70 valence electrons. The van der Waals surface area contributed by atoms with Gasteiger partial charge in [0, 0.05) is 6.42 Å². The van der Waals surface area contributed by atoms with E-state index >= 15 is 0 Å². The minimum absolute atomic E-state index is 0.201. The first-order valence-electron chi connectivity index (χ1n) is 4.66. The minimum atomic E-state index is -0.201. The Morgan fingerprint density at radius 1 is 1.54 bits per heavy atom. The summed E-state index contributed by atoms with van der Waals surface area (Å²) in [5, 5.41) is 8.52. The number of isocyanates is 1.